The normalized spacial score (nSPS) is 24.6. The fourth-order valence-corrected chi connectivity index (χ4v) is 6.09. The monoisotopic (exact) mass is 340 g/mol. The molecular formula is C11H17ClN2O2S3. The number of thiazole rings is 1. The number of halogens is 1. The number of hydrogen-bond acceptors (Lipinski definition) is 5. The van der Waals surface area contributed by atoms with E-state index in [2.05, 4.69) is 16.0 Å². The number of thioether (sulfide) groups is 1. The molecule has 1 aliphatic carbocycles. The summed E-state index contributed by atoms with van der Waals surface area (Å²) in [5.74, 6) is 0. The predicted molar refractivity (Wildman–Crippen MR) is 81.7 cm³/mol. The van der Waals surface area contributed by atoms with Gasteiger partial charge in [0, 0.05) is 11.3 Å². The fraction of sp³-hybridized carbons (Fsp3) is 0.727. The van der Waals surface area contributed by atoms with Gasteiger partial charge in [-0.15, -0.1) is 0 Å². The summed E-state index contributed by atoms with van der Waals surface area (Å²) in [5.41, 5.74) is 0.472. The van der Waals surface area contributed by atoms with Crippen LogP contribution in [0.15, 0.2) is 4.21 Å². The number of rotatable bonds is 4. The summed E-state index contributed by atoms with van der Waals surface area (Å²) in [6.07, 6.45) is 6.04. The van der Waals surface area contributed by atoms with Crippen LogP contribution in [0.5, 0.6) is 0 Å². The molecule has 19 heavy (non-hydrogen) atoms. The molecule has 108 valence electrons. The Bertz CT molecular complexity index is 536. The Balaban J connectivity index is 2.04. The lowest BCUT2D eigenvalue weighted by molar-refractivity contribution is 0.420. The van der Waals surface area contributed by atoms with E-state index >= 15 is 0 Å². The Morgan fingerprint density at radius 3 is 2.47 bits per heavy atom. The Morgan fingerprint density at radius 2 is 2.00 bits per heavy atom. The molecule has 1 saturated carbocycles. The van der Waals surface area contributed by atoms with E-state index in [0.717, 1.165) is 37.0 Å². The quantitative estimate of drug-likeness (QED) is 0.915. The third-order valence-electron chi connectivity index (χ3n) is 3.30. The summed E-state index contributed by atoms with van der Waals surface area (Å²) in [5, 5.41) is 0.667. The van der Waals surface area contributed by atoms with E-state index in [1.54, 1.807) is 6.92 Å². The molecule has 0 aliphatic heterocycles. The maximum Gasteiger partial charge on any atom is 0.252 e. The lowest BCUT2D eigenvalue weighted by Crippen LogP contribution is -2.38. The number of sulfonamides is 1. The number of nitrogens with one attached hydrogen (secondary N) is 1. The van der Waals surface area contributed by atoms with E-state index in [0.29, 0.717) is 10.9 Å². The highest BCUT2D eigenvalue weighted by molar-refractivity contribution is 7.99. The average Bonchev–Trinajstić information content (AvgIpc) is 2.70. The summed E-state index contributed by atoms with van der Waals surface area (Å²) in [6, 6.07) is 0.0358. The van der Waals surface area contributed by atoms with Crippen molar-refractivity contribution in [1.82, 2.24) is 9.71 Å². The van der Waals surface area contributed by atoms with Crippen molar-refractivity contribution < 1.29 is 8.42 Å². The molecule has 1 aromatic heterocycles. The summed E-state index contributed by atoms with van der Waals surface area (Å²) in [6.45, 7) is 1.67. The highest BCUT2D eigenvalue weighted by Crippen LogP contribution is 2.30. The molecular weight excluding hydrogens is 324 g/mol. The minimum Gasteiger partial charge on any atom is -0.229 e. The smallest absolute Gasteiger partial charge is 0.229 e. The molecule has 0 atom stereocenters. The largest absolute Gasteiger partial charge is 0.252 e. The number of aromatic nitrogens is 1. The van der Waals surface area contributed by atoms with Crippen LogP contribution in [0.25, 0.3) is 0 Å². The highest BCUT2D eigenvalue weighted by atomic mass is 35.5. The van der Waals surface area contributed by atoms with Gasteiger partial charge in [0.15, 0.2) is 8.68 Å². The molecule has 1 fully saturated rings. The molecule has 1 heterocycles. The molecule has 2 rings (SSSR count). The van der Waals surface area contributed by atoms with Crippen LogP contribution in [0.2, 0.25) is 4.47 Å². The molecule has 0 unspecified atom stereocenters. The fourth-order valence-electron chi connectivity index (χ4n) is 2.29. The Labute approximate surface area is 127 Å². The first-order chi connectivity index (χ1) is 8.92. The Hall–Kier alpha value is 0.180. The van der Waals surface area contributed by atoms with Crippen LogP contribution in [-0.2, 0) is 10.0 Å². The van der Waals surface area contributed by atoms with Gasteiger partial charge >= 0.3 is 0 Å². The van der Waals surface area contributed by atoms with E-state index in [-0.39, 0.29) is 14.7 Å². The van der Waals surface area contributed by atoms with Gasteiger partial charge in [-0.2, -0.15) is 11.8 Å². The van der Waals surface area contributed by atoms with E-state index in [9.17, 15) is 8.42 Å². The third-order valence-corrected chi connectivity index (χ3v) is 7.83. The Kier molecular flexibility index (Phi) is 5.16. The minimum absolute atomic E-state index is 0.0358. The SMILES string of the molecule is CSC1CCC(NS(=O)(=O)c2sc(Cl)nc2C)CC1. The molecule has 4 nitrogen and oxygen atoms in total. The highest BCUT2D eigenvalue weighted by Gasteiger charge is 2.28. The first-order valence-corrected chi connectivity index (χ1v) is 10.1. The van der Waals surface area contributed by atoms with Crippen molar-refractivity contribution in [2.75, 3.05) is 6.26 Å². The van der Waals surface area contributed by atoms with Crippen LogP contribution in [-0.4, -0.2) is 30.9 Å². The van der Waals surface area contributed by atoms with Gasteiger partial charge in [0.05, 0.1) is 5.69 Å². The summed E-state index contributed by atoms with van der Waals surface area (Å²) in [4.78, 5) is 3.96. The zero-order valence-corrected chi connectivity index (χ0v) is 14.1. The molecule has 0 spiro atoms. The van der Waals surface area contributed by atoms with Crippen molar-refractivity contribution in [2.24, 2.45) is 0 Å². The minimum atomic E-state index is -3.48. The van der Waals surface area contributed by atoms with Crippen LogP contribution < -0.4 is 4.72 Å². The second kappa shape index (κ2) is 6.30. The Morgan fingerprint density at radius 1 is 1.37 bits per heavy atom. The topological polar surface area (TPSA) is 59.1 Å². The molecule has 0 bridgehead atoms. The van der Waals surface area contributed by atoms with Crippen molar-refractivity contribution in [3.8, 4) is 0 Å². The van der Waals surface area contributed by atoms with Crippen molar-refractivity contribution in [3.05, 3.63) is 10.2 Å². The van der Waals surface area contributed by atoms with Crippen LogP contribution in [0.4, 0.5) is 0 Å². The van der Waals surface area contributed by atoms with Crippen molar-refractivity contribution in [1.29, 1.82) is 0 Å². The first kappa shape index (κ1) is 15.6. The van der Waals surface area contributed by atoms with Gasteiger partial charge < -0.3 is 0 Å². The van der Waals surface area contributed by atoms with E-state index < -0.39 is 10.0 Å². The van der Waals surface area contributed by atoms with Crippen LogP contribution in [0.3, 0.4) is 0 Å². The van der Waals surface area contributed by atoms with Gasteiger partial charge in [0.25, 0.3) is 10.0 Å². The average molecular weight is 341 g/mol. The number of nitrogens with zero attached hydrogens (tertiary/aromatic N) is 1. The lowest BCUT2D eigenvalue weighted by atomic mass is 9.96. The molecule has 1 aliphatic rings. The molecule has 1 N–H and O–H groups in total. The van der Waals surface area contributed by atoms with Gasteiger partial charge in [-0.3, -0.25) is 0 Å². The maximum absolute atomic E-state index is 12.3. The summed E-state index contributed by atoms with van der Waals surface area (Å²) >= 11 is 8.64. The van der Waals surface area contributed by atoms with Gasteiger partial charge in [0.2, 0.25) is 0 Å². The standard InChI is InChI=1S/C11H17ClN2O2S3/c1-7-10(18-11(12)13-7)19(15,16)14-8-3-5-9(17-2)6-4-8/h8-9,14H,3-6H2,1-2H3. The zero-order chi connectivity index (χ0) is 14.0. The zero-order valence-electron chi connectivity index (χ0n) is 10.8. The van der Waals surface area contributed by atoms with Crippen LogP contribution in [0.1, 0.15) is 31.4 Å². The first-order valence-electron chi connectivity index (χ1n) is 6.10. The molecule has 0 aromatic carbocycles. The lowest BCUT2D eigenvalue weighted by Gasteiger charge is -2.27. The van der Waals surface area contributed by atoms with Crippen molar-refractivity contribution >= 4 is 44.7 Å². The van der Waals surface area contributed by atoms with Crippen LogP contribution >= 0.6 is 34.7 Å². The van der Waals surface area contributed by atoms with Gasteiger partial charge in [-0.05, 0) is 38.9 Å². The van der Waals surface area contributed by atoms with E-state index in [1.807, 2.05) is 11.8 Å². The number of hydrogen-bond donors (Lipinski definition) is 1. The molecule has 0 radical (unpaired) electrons. The molecule has 0 amide bonds. The van der Waals surface area contributed by atoms with Gasteiger partial charge in [-0.1, -0.05) is 22.9 Å². The molecule has 8 heteroatoms. The number of aryl methyl sites for hydroxylation is 1. The molecule has 1 aromatic rings. The maximum atomic E-state index is 12.3. The van der Waals surface area contributed by atoms with Crippen molar-refractivity contribution in [3.63, 3.8) is 0 Å². The molecule has 0 saturated heterocycles. The van der Waals surface area contributed by atoms with Gasteiger partial charge in [-0.25, -0.2) is 18.1 Å². The summed E-state index contributed by atoms with van der Waals surface area (Å²) < 4.78 is 27.9. The van der Waals surface area contributed by atoms with E-state index in [1.165, 1.54) is 0 Å². The van der Waals surface area contributed by atoms with Crippen LogP contribution in [0, 0.1) is 6.92 Å². The van der Waals surface area contributed by atoms with E-state index in [4.69, 9.17) is 11.6 Å². The van der Waals surface area contributed by atoms with Gasteiger partial charge in [0.1, 0.15) is 0 Å². The second-order valence-electron chi connectivity index (χ2n) is 4.67. The van der Waals surface area contributed by atoms with Crippen molar-refractivity contribution in [2.45, 2.75) is 48.1 Å². The summed E-state index contributed by atoms with van der Waals surface area (Å²) in [7, 11) is -3.48. The third kappa shape index (κ3) is 3.85. The predicted octanol–water partition coefficient (Wildman–Crippen LogP) is 3.06. The second-order valence-corrected chi connectivity index (χ2v) is 9.30.